The molecule has 2 heterocycles. The molecule has 0 spiro atoms. The fourth-order valence-electron chi connectivity index (χ4n) is 4.01. The van der Waals surface area contributed by atoms with E-state index in [2.05, 4.69) is 9.88 Å². The molecule has 1 aliphatic heterocycles. The second-order valence-corrected chi connectivity index (χ2v) is 11.0. The highest BCUT2D eigenvalue weighted by atomic mass is 19.1. The number of nitrogens with zero attached hydrogens (tertiary/aromatic N) is 5. The predicted molar refractivity (Wildman–Crippen MR) is 130 cm³/mol. The predicted octanol–water partition coefficient (Wildman–Crippen LogP) is 4.18. The summed E-state index contributed by atoms with van der Waals surface area (Å²) in [5.41, 5.74) is -2.63. The zero-order chi connectivity index (χ0) is 26.8. The number of imidazole rings is 1. The number of aromatic nitrogens is 2. The molecule has 2 aromatic rings. The SMILES string of the molecule is CC(C)(C)CC(=O)N(C(=O)OCCN1CCOCC1)c1nc2c(F)cc(C#N)c(F)c2n1C(C)(C)C. The molecule has 9 nitrogen and oxygen atoms in total. The summed E-state index contributed by atoms with van der Waals surface area (Å²) in [6.07, 6.45) is -1.03. The number of hydrogen-bond donors (Lipinski definition) is 0. The van der Waals surface area contributed by atoms with E-state index < -0.39 is 40.2 Å². The van der Waals surface area contributed by atoms with Crippen LogP contribution in [0.2, 0.25) is 0 Å². The van der Waals surface area contributed by atoms with Gasteiger partial charge in [0.1, 0.15) is 23.7 Å². The lowest BCUT2D eigenvalue weighted by Crippen LogP contribution is -2.44. The van der Waals surface area contributed by atoms with Crippen LogP contribution in [-0.2, 0) is 19.8 Å². The van der Waals surface area contributed by atoms with Gasteiger partial charge in [-0.05, 0) is 32.3 Å². The van der Waals surface area contributed by atoms with E-state index in [1.807, 2.05) is 20.8 Å². The van der Waals surface area contributed by atoms with Gasteiger partial charge in [0.05, 0.1) is 18.8 Å². The van der Waals surface area contributed by atoms with Crippen LogP contribution in [0.1, 0.15) is 53.5 Å². The summed E-state index contributed by atoms with van der Waals surface area (Å²) in [6.45, 7) is 13.6. The summed E-state index contributed by atoms with van der Waals surface area (Å²) in [4.78, 5) is 33.7. The van der Waals surface area contributed by atoms with Gasteiger partial charge in [0.25, 0.3) is 0 Å². The van der Waals surface area contributed by atoms with E-state index in [-0.39, 0.29) is 30.0 Å². The average Bonchev–Trinajstić information content (AvgIpc) is 3.17. The molecule has 2 amide bonds. The molecule has 1 aromatic carbocycles. The number of anilines is 1. The highest BCUT2D eigenvalue weighted by Gasteiger charge is 2.37. The lowest BCUT2D eigenvalue weighted by atomic mass is 9.92. The number of amides is 2. The third-order valence-corrected chi connectivity index (χ3v) is 5.64. The van der Waals surface area contributed by atoms with E-state index in [1.54, 1.807) is 26.8 Å². The van der Waals surface area contributed by atoms with Gasteiger partial charge >= 0.3 is 6.09 Å². The molecule has 0 saturated carbocycles. The monoisotopic (exact) mass is 505 g/mol. The average molecular weight is 506 g/mol. The maximum Gasteiger partial charge on any atom is 0.423 e. The van der Waals surface area contributed by atoms with Crippen molar-refractivity contribution in [2.75, 3.05) is 44.4 Å². The number of carbonyl (C=O) groups excluding carboxylic acids is 2. The second-order valence-electron chi connectivity index (χ2n) is 11.0. The standard InChI is InChI=1S/C25H33F2N5O4/c1-24(2,3)14-18(33)31(23(34)36-12-9-30-7-10-35-11-8-30)22-29-20-17(26)13-16(15-28)19(27)21(20)32(22)25(4,5)6/h13H,7-12,14H2,1-6H3. The van der Waals surface area contributed by atoms with E-state index in [0.29, 0.717) is 32.8 Å². The Kier molecular flexibility index (Phi) is 8.00. The molecule has 11 heteroatoms. The Hall–Kier alpha value is -3.10. The molecule has 0 aliphatic carbocycles. The van der Waals surface area contributed by atoms with Gasteiger partial charge in [0, 0.05) is 31.6 Å². The summed E-state index contributed by atoms with van der Waals surface area (Å²) in [6, 6.07) is 2.39. The van der Waals surface area contributed by atoms with Crippen LogP contribution >= 0.6 is 0 Å². The Labute approximate surface area is 209 Å². The van der Waals surface area contributed by atoms with Crippen LogP contribution in [0, 0.1) is 28.4 Å². The Morgan fingerprint density at radius 3 is 2.39 bits per heavy atom. The number of rotatable bonds is 5. The van der Waals surface area contributed by atoms with Crippen molar-refractivity contribution in [2.24, 2.45) is 5.41 Å². The van der Waals surface area contributed by atoms with Crippen LogP contribution in [0.25, 0.3) is 11.0 Å². The first-order valence-electron chi connectivity index (χ1n) is 11.9. The fourth-order valence-corrected chi connectivity index (χ4v) is 4.01. The molecule has 0 bridgehead atoms. The minimum atomic E-state index is -0.986. The lowest BCUT2D eigenvalue weighted by molar-refractivity contribution is -0.120. The molecular weight excluding hydrogens is 472 g/mol. The van der Waals surface area contributed by atoms with Crippen molar-refractivity contribution < 1.29 is 27.8 Å². The molecular formula is C25H33F2N5O4. The molecule has 0 N–H and O–H groups in total. The van der Waals surface area contributed by atoms with E-state index in [4.69, 9.17) is 9.47 Å². The minimum absolute atomic E-state index is 0.00911. The van der Waals surface area contributed by atoms with E-state index in [1.165, 1.54) is 4.57 Å². The Morgan fingerprint density at radius 2 is 1.83 bits per heavy atom. The highest BCUT2D eigenvalue weighted by Crippen LogP contribution is 2.35. The zero-order valence-corrected chi connectivity index (χ0v) is 21.7. The van der Waals surface area contributed by atoms with Crippen molar-refractivity contribution in [3.63, 3.8) is 0 Å². The summed E-state index contributed by atoms with van der Waals surface area (Å²) in [5.74, 6) is -2.81. The molecule has 0 unspecified atom stereocenters. The van der Waals surface area contributed by atoms with Gasteiger partial charge in [-0.1, -0.05) is 20.8 Å². The van der Waals surface area contributed by atoms with Gasteiger partial charge in [-0.3, -0.25) is 9.69 Å². The van der Waals surface area contributed by atoms with E-state index in [9.17, 15) is 19.2 Å². The van der Waals surface area contributed by atoms with Crippen molar-refractivity contribution >= 4 is 29.0 Å². The van der Waals surface area contributed by atoms with Crippen LogP contribution in [0.3, 0.4) is 0 Å². The second kappa shape index (κ2) is 10.5. The van der Waals surface area contributed by atoms with Crippen LogP contribution in [0.5, 0.6) is 0 Å². The number of imide groups is 1. The van der Waals surface area contributed by atoms with E-state index in [0.717, 1.165) is 11.0 Å². The van der Waals surface area contributed by atoms with Crippen molar-refractivity contribution in [1.82, 2.24) is 14.5 Å². The third-order valence-electron chi connectivity index (χ3n) is 5.64. The third kappa shape index (κ3) is 5.99. The van der Waals surface area contributed by atoms with Crippen molar-refractivity contribution in [3.05, 3.63) is 23.3 Å². The van der Waals surface area contributed by atoms with E-state index >= 15 is 4.39 Å². The van der Waals surface area contributed by atoms with Gasteiger partial charge in [-0.2, -0.15) is 10.2 Å². The fraction of sp³-hybridized carbons (Fsp3) is 0.600. The Bertz CT molecular complexity index is 1180. The maximum atomic E-state index is 15.3. The first-order valence-corrected chi connectivity index (χ1v) is 11.9. The number of morpholine rings is 1. The van der Waals surface area contributed by atoms with Crippen LogP contribution in [0.4, 0.5) is 19.5 Å². The van der Waals surface area contributed by atoms with Crippen LogP contribution in [-0.4, -0.2) is 65.9 Å². The summed E-state index contributed by atoms with van der Waals surface area (Å²) >= 11 is 0. The smallest absolute Gasteiger partial charge is 0.423 e. The number of fused-ring (bicyclic) bond motifs is 1. The van der Waals surface area contributed by atoms with Crippen LogP contribution in [0.15, 0.2) is 6.07 Å². The van der Waals surface area contributed by atoms with Gasteiger partial charge < -0.3 is 14.0 Å². The molecule has 1 fully saturated rings. The van der Waals surface area contributed by atoms with Crippen molar-refractivity contribution in [1.29, 1.82) is 5.26 Å². The van der Waals surface area contributed by atoms with Crippen LogP contribution < -0.4 is 4.90 Å². The number of carbonyl (C=O) groups is 2. The molecule has 0 radical (unpaired) electrons. The molecule has 0 atom stereocenters. The lowest BCUT2D eigenvalue weighted by Gasteiger charge is -2.30. The molecule has 1 saturated heterocycles. The van der Waals surface area contributed by atoms with Gasteiger partial charge in [-0.15, -0.1) is 0 Å². The molecule has 1 aromatic heterocycles. The van der Waals surface area contributed by atoms with Gasteiger partial charge in [0.2, 0.25) is 11.9 Å². The number of nitriles is 1. The molecule has 1 aliphatic rings. The highest BCUT2D eigenvalue weighted by molar-refractivity contribution is 6.12. The minimum Gasteiger partial charge on any atom is -0.447 e. The maximum absolute atomic E-state index is 15.3. The van der Waals surface area contributed by atoms with Crippen molar-refractivity contribution in [3.8, 4) is 6.07 Å². The quantitative estimate of drug-likeness (QED) is 0.601. The number of benzene rings is 1. The largest absolute Gasteiger partial charge is 0.447 e. The number of ether oxygens (including phenoxy) is 2. The van der Waals surface area contributed by atoms with Gasteiger partial charge in [-0.25, -0.2) is 18.6 Å². The Balaban J connectivity index is 2.09. The summed E-state index contributed by atoms with van der Waals surface area (Å²) < 4.78 is 42.3. The molecule has 36 heavy (non-hydrogen) atoms. The number of hydrogen-bond acceptors (Lipinski definition) is 7. The summed E-state index contributed by atoms with van der Waals surface area (Å²) in [5, 5.41) is 9.28. The topological polar surface area (TPSA) is 101 Å². The first kappa shape index (κ1) is 27.5. The summed E-state index contributed by atoms with van der Waals surface area (Å²) in [7, 11) is 0. The molecule has 196 valence electrons. The normalized spacial score (nSPS) is 15.1. The van der Waals surface area contributed by atoms with Gasteiger partial charge in [0.15, 0.2) is 11.6 Å². The molecule has 3 rings (SSSR count). The first-order chi connectivity index (χ1) is 16.7. The zero-order valence-electron chi connectivity index (χ0n) is 21.7. The van der Waals surface area contributed by atoms with Crippen molar-refractivity contribution in [2.45, 2.75) is 53.5 Å². The Morgan fingerprint density at radius 1 is 1.19 bits per heavy atom. The number of halogens is 2.